The van der Waals surface area contributed by atoms with Crippen LogP contribution in [0.25, 0.3) is 0 Å². The summed E-state index contributed by atoms with van der Waals surface area (Å²) in [5, 5.41) is 2.62. The molecule has 1 heterocycles. The first-order valence-corrected chi connectivity index (χ1v) is 6.82. The van der Waals surface area contributed by atoms with Crippen LogP contribution in [0, 0.1) is 0 Å². The Labute approximate surface area is 124 Å². The molecule has 0 unspecified atom stereocenters. The van der Waals surface area contributed by atoms with Crippen LogP contribution < -0.4 is 15.8 Å². The van der Waals surface area contributed by atoms with Gasteiger partial charge in [-0.05, 0) is 29.7 Å². The van der Waals surface area contributed by atoms with E-state index in [-0.39, 0.29) is 12.5 Å². The molecular weight excluding hydrogens is 266 g/mol. The molecule has 2 rings (SSSR count). The first-order chi connectivity index (χ1) is 10.1. The molecular formula is C16H19N3O2. The molecule has 0 aliphatic carbocycles. The smallest absolute Gasteiger partial charge is 0.238 e. The van der Waals surface area contributed by atoms with Crippen LogP contribution in [0.5, 0.6) is 11.6 Å². The number of hydrogen-bond donors (Lipinski definition) is 2. The number of aromatic nitrogens is 1. The number of benzene rings is 1. The van der Waals surface area contributed by atoms with Crippen LogP contribution in [0.3, 0.4) is 0 Å². The average Bonchev–Trinajstić information content (AvgIpc) is 2.49. The highest BCUT2D eigenvalue weighted by molar-refractivity contribution is 5.91. The van der Waals surface area contributed by atoms with Gasteiger partial charge in [-0.15, -0.1) is 0 Å². The molecule has 5 nitrogen and oxygen atoms in total. The van der Waals surface area contributed by atoms with Crippen molar-refractivity contribution in [2.45, 2.75) is 19.8 Å². The standard InChI is InChI=1S/C16H19N3O2/c1-11(2)12-4-3-5-14(8-12)21-16-7-6-13(10-18-16)19-15(20)9-17/h3-8,10-11H,9,17H2,1-2H3,(H,19,20). The highest BCUT2D eigenvalue weighted by atomic mass is 16.5. The number of carbonyl (C=O) groups excluding carboxylic acids is 1. The number of nitrogens with zero attached hydrogens (tertiary/aromatic N) is 1. The van der Waals surface area contributed by atoms with E-state index in [1.54, 1.807) is 12.1 Å². The van der Waals surface area contributed by atoms with Gasteiger partial charge in [0, 0.05) is 6.07 Å². The Balaban J connectivity index is 2.06. The lowest BCUT2D eigenvalue weighted by molar-refractivity contribution is -0.114. The molecule has 0 aliphatic heterocycles. The van der Waals surface area contributed by atoms with Gasteiger partial charge in [0.25, 0.3) is 0 Å². The van der Waals surface area contributed by atoms with E-state index in [9.17, 15) is 4.79 Å². The molecule has 0 saturated carbocycles. The molecule has 1 aromatic heterocycles. The van der Waals surface area contributed by atoms with Gasteiger partial charge in [0.1, 0.15) is 5.75 Å². The normalized spacial score (nSPS) is 10.5. The summed E-state index contributed by atoms with van der Waals surface area (Å²) in [4.78, 5) is 15.3. The fraction of sp³-hybridized carbons (Fsp3) is 0.250. The van der Waals surface area contributed by atoms with E-state index in [0.717, 1.165) is 5.75 Å². The Kier molecular flexibility index (Phi) is 4.90. The van der Waals surface area contributed by atoms with E-state index < -0.39 is 0 Å². The molecule has 1 amide bonds. The number of ether oxygens (including phenoxy) is 1. The van der Waals surface area contributed by atoms with Crippen molar-refractivity contribution in [2.75, 3.05) is 11.9 Å². The van der Waals surface area contributed by atoms with Crippen LogP contribution in [0.4, 0.5) is 5.69 Å². The van der Waals surface area contributed by atoms with Crippen molar-refractivity contribution in [3.63, 3.8) is 0 Å². The fourth-order valence-electron chi connectivity index (χ4n) is 1.78. The first-order valence-electron chi connectivity index (χ1n) is 6.82. The van der Waals surface area contributed by atoms with Crippen LogP contribution in [0.15, 0.2) is 42.6 Å². The SMILES string of the molecule is CC(C)c1cccc(Oc2ccc(NC(=O)CN)cn2)c1. The van der Waals surface area contributed by atoms with E-state index in [1.165, 1.54) is 11.8 Å². The molecule has 110 valence electrons. The highest BCUT2D eigenvalue weighted by Gasteiger charge is 2.04. The van der Waals surface area contributed by atoms with E-state index in [1.807, 2.05) is 18.2 Å². The maximum Gasteiger partial charge on any atom is 0.238 e. The van der Waals surface area contributed by atoms with Gasteiger partial charge in [0.15, 0.2) is 0 Å². The molecule has 0 atom stereocenters. The summed E-state index contributed by atoms with van der Waals surface area (Å²) in [5.41, 5.74) is 7.03. The van der Waals surface area contributed by atoms with Crippen LogP contribution in [-0.2, 0) is 4.79 Å². The summed E-state index contributed by atoms with van der Waals surface area (Å²) in [7, 11) is 0. The van der Waals surface area contributed by atoms with Gasteiger partial charge >= 0.3 is 0 Å². The number of hydrogen-bond acceptors (Lipinski definition) is 4. The largest absolute Gasteiger partial charge is 0.439 e. The van der Waals surface area contributed by atoms with Crippen molar-refractivity contribution in [2.24, 2.45) is 5.73 Å². The maximum atomic E-state index is 11.2. The van der Waals surface area contributed by atoms with Gasteiger partial charge in [0.05, 0.1) is 18.4 Å². The number of rotatable bonds is 5. The number of pyridine rings is 1. The number of anilines is 1. The third kappa shape index (κ3) is 4.29. The van der Waals surface area contributed by atoms with Gasteiger partial charge in [0.2, 0.25) is 11.8 Å². The molecule has 0 aliphatic rings. The van der Waals surface area contributed by atoms with E-state index in [2.05, 4.69) is 30.2 Å². The molecule has 5 heteroatoms. The topological polar surface area (TPSA) is 77.2 Å². The molecule has 0 fully saturated rings. The minimum absolute atomic E-state index is 0.0553. The van der Waals surface area contributed by atoms with E-state index in [0.29, 0.717) is 17.5 Å². The average molecular weight is 285 g/mol. The lowest BCUT2D eigenvalue weighted by atomic mass is 10.0. The molecule has 0 saturated heterocycles. The Morgan fingerprint density at radius 3 is 2.76 bits per heavy atom. The van der Waals surface area contributed by atoms with Crippen LogP contribution in [0.2, 0.25) is 0 Å². The van der Waals surface area contributed by atoms with Crippen LogP contribution >= 0.6 is 0 Å². The Hall–Kier alpha value is -2.40. The second-order valence-corrected chi connectivity index (χ2v) is 4.97. The zero-order chi connectivity index (χ0) is 15.2. The molecule has 0 bridgehead atoms. The van der Waals surface area contributed by atoms with Crippen molar-refractivity contribution in [3.8, 4) is 11.6 Å². The molecule has 3 N–H and O–H groups in total. The Morgan fingerprint density at radius 2 is 2.14 bits per heavy atom. The summed E-state index contributed by atoms with van der Waals surface area (Å²) in [5.74, 6) is 1.40. The maximum absolute atomic E-state index is 11.2. The summed E-state index contributed by atoms with van der Waals surface area (Å²) in [6, 6.07) is 11.3. The predicted molar refractivity (Wildman–Crippen MR) is 82.5 cm³/mol. The second kappa shape index (κ2) is 6.85. The monoisotopic (exact) mass is 285 g/mol. The summed E-state index contributed by atoms with van der Waals surface area (Å²) < 4.78 is 5.71. The molecule has 21 heavy (non-hydrogen) atoms. The molecule has 0 radical (unpaired) electrons. The van der Waals surface area contributed by atoms with Crippen LogP contribution in [-0.4, -0.2) is 17.4 Å². The molecule has 1 aromatic carbocycles. The minimum Gasteiger partial charge on any atom is -0.439 e. The van der Waals surface area contributed by atoms with Crippen molar-refractivity contribution in [1.82, 2.24) is 4.98 Å². The number of amides is 1. The lowest BCUT2D eigenvalue weighted by Gasteiger charge is -2.09. The zero-order valence-electron chi connectivity index (χ0n) is 12.2. The van der Waals surface area contributed by atoms with E-state index in [4.69, 9.17) is 10.5 Å². The van der Waals surface area contributed by atoms with Gasteiger partial charge in [-0.25, -0.2) is 4.98 Å². The van der Waals surface area contributed by atoms with Gasteiger partial charge in [-0.3, -0.25) is 4.79 Å². The van der Waals surface area contributed by atoms with Crippen molar-refractivity contribution < 1.29 is 9.53 Å². The van der Waals surface area contributed by atoms with Crippen molar-refractivity contribution >= 4 is 11.6 Å². The van der Waals surface area contributed by atoms with Gasteiger partial charge in [-0.2, -0.15) is 0 Å². The van der Waals surface area contributed by atoms with Crippen molar-refractivity contribution in [1.29, 1.82) is 0 Å². The number of nitrogens with one attached hydrogen (secondary N) is 1. The van der Waals surface area contributed by atoms with Crippen LogP contribution in [0.1, 0.15) is 25.3 Å². The van der Waals surface area contributed by atoms with Gasteiger partial charge < -0.3 is 15.8 Å². The summed E-state index contributed by atoms with van der Waals surface area (Å²) in [6.07, 6.45) is 1.54. The number of nitrogens with two attached hydrogens (primary N) is 1. The summed E-state index contributed by atoms with van der Waals surface area (Å²) >= 11 is 0. The highest BCUT2D eigenvalue weighted by Crippen LogP contribution is 2.24. The third-order valence-corrected chi connectivity index (χ3v) is 2.95. The fourth-order valence-corrected chi connectivity index (χ4v) is 1.78. The third-order valence-electron chi connectivity index (χ3n) is 2.95. The lowest BCUT2D eigenvalue weighted by Crippen LogP contribution is -2.21. The van der Waals surface area contributed by atoms with Crippen molar-refractivity contribution in [3.05, 3.63) is 48.2 Å². The molecule has 2 aromatic rings. The summed E-state index contributed by atoms with van der Waals surface area (Å²) in [6.45, 7) is 4.21. The Bertz CT molecular complexity index is 609. The Morgan fingerprint density at radius 1 is 1.33 bits per heavy atom. The zero-order valence-corrected chi connectivity index (χ0v) is 12.2. The first kappa shape index (κ1) is 15.0. The number of carbonyl (C=O) groups is 1. The molecule has 0 spiro atoms. The minimum atomic E-state index is -0.255. The second-order valence-electron chi connectivity index (χ2n) is 4.97. The van der Waals surface area contributed by atoms with Gasteiger partial charge in [-0.1, -0.05) is 26.0 Å². The van der Waals surface area contributed by atoms with E-state index >= 15 is 0 Å². The predicted octanol–water partition coefficient (Wildman–Crippen LogP) is 2.89. The quantitative estimate of drug-likeness (QED) is 0.885.